The van der Waals surface area contributed by atoms with Crippen molar-refractivity contribution < 1.29 is 0 Å². The summed E-state index contributed by atoms with van der Waals surface area (Å²) in [5.74, 6) is 2.46. The highest BCUT2D eigenvalue weighted by Gasteiger charge is 2.22. The fourth-order valence-corrected chi connectivity index (χ4v) is 13.3. The molecule has 0 fully saturated rings. The van der Waals surface area contributed by atoms with E-state index in [-0.39, 0.29) is 5.28 Å². The Hall–Kier alpha value is -8.73. The molecule has 0 N–H and O–H groups in total. The lowest BCUT2D eigenvalue weighted by Gasteiger charge is -2.12. The molecule has 72 heavy (non-hydrogen) atoms. The highest BCUT2D eigenvalue weighted by atomic mass is 35.5. The number of hydrogen-bond acceptors (Lipinski definition) is 6. The van der Waals surface area contributed by atoms with Crippen LogP contribution in [0.15, 0.2) is 218 Å². The number of hydrogen-bond donors (Lipinski definition) is 0. The smallest absolute Gasteiger partial charge is 0.225 e. The maximum absolute atomic E-state index is 6.37. The highest BCUT2D eigenvalue weighted by Crippen LogP contribution is 2.43. The minimum atomic E-state index is 0.267. The number of fused-ring (bicyclic) bond motifs is 15. The second-order valence-corrected chi connectivity index (χ2v) is 20.3. The SMILES string of the molecule is Clc1nc(-n2c3ccccc3c3ccccc32)c2sc3ccccc3c2n1.c1cc(-c2nc(-n3c4ccccc4c4ccccc43)c3sc4ccccc4c3n2)cc(-n2c3ccccc3c3ccccc32)c1. The molecule has 16 rings (SSSR count). The highest BCUT2D eigenvalue weighted by molar-refractivity contribution is 7.26. The molecule has 338 valence electrons. The largest absolute Gasteiger partial charge is 0.309 e. The van der Waals surface area contributed by atoms with E-state index in [9.17, 15) is 0 Å². The van der Waals surface area contributed by atoms with Gasteiger partial charge in [0.2, 0.25) is 5.28 Å². The first-order valence-electron chi connectivity index (χ1n) is 23.7. The van der Waals surface area contributed by atoms with Crippen molar-refractivity contribution in [1.29, 1.82) is 0 Å². The van der Waals surface area contributed by atoms with Gasteiger partial charge in [-0.05, 0) is 72.3 Å². The Bertz CT molecular complexity index is 4700. The summed E-state index contributed by atoms with van der Waals surface area (Å²) in [6.45, 7) is 0. The zero-order chi connectivity index (χ0) is 47.4. The molecule has 9 aromatic carbocycles. The molecule has 7 heterocycles. The molecule has 0 aliphatic heterocycles. The average Bonchev–Trinajstić information content (AvgIpc) is 4.25. The van der Waals surface area contributed by atoms with Crippen LogP contribution in [0.3, 0.4) is 0 Å². The lowest BCUT2D eigenvalue weighted by molar-refractivity contribution is 1.08. The summed E-state index contributed by atoms with van der Waals surface area (Å²) in [6, 6.07) is 76.8. The number of nitrogens with zero attached hydrogens (tertiary/aromatic N) is 7. The Morgan fingerprint density at radius 1 is 0.319 bits per heavy atom. The van der Waals surface area contributed by atoms with Crippen LogP contribution in [0.2, 0.25) is 5.28 Å². The Morgan fingerprint density at radius 2 is 0.681 bits per heavy atom. The van der Waals surface area contributed by atoms with Gasteiger partial charge in [-0.1, -0.05) is 158 Å². The van der Waals surface area contributed by atoms with Gasteiger partial charge in [-0.2, -0.15) is 4.98 Å². The third-order valence-corrected chi connectivity index (χ3v) is 16.4. The first-order chi connectivity index (χ1) is 35.6. The van der Waals surface area contributed by atoms with Crippen LogP contribution in [0.4, 0.5) is 0 Å². The molecule has 0 spiro atoms. The summed E-state index contributed by atoms with van der Waals surface area (Å²) < 4.78 is 11.4. The molecule has 0 aliphatic carbocycles. The number of thiophene rings is 2. The number of aromatic nitrogens is 7. The molecule has 0 amide bonds. The maximum Gasteiger partial charge on any atom is 0.225 e. The fraction of sp³-hybridized carbons (Fsp3) is 0. The summed E-state index contributed by atoms with van der Waals surface area (Å²) in [6.07, 6.45) is 0. The van der Waals surface area contributed by atoms with Crippen LogP contribution in [-0.2, 0) is 0 Å². The molecule has 0 unspecified atom stereocenters. The molecule has 0 saturated heterocycles. The van der Waals surface area contributed by atoms with Gasteiger partial charge >= 0.3 is 0 Å². The molecule has 16 aromatic rings. The zero-order valence-corrected chi connectivity index (χ0v) is 40.5. The van der Waals surface area contributed by atoms with Crippen molar-refractivity contribution in [3.8, 4) is 28.7 Å². The Kier molecular flexibility index (Phi) is 9.22. The molecule has 0 radical (unpaired) electrons. The van der Waals surface area contributed by atoms with Crippen LogP contribution in [0.5, 0.6) is 0 Å². The third kappa shape index (κ3) is 6.21. The van der Waals surface area contributed by atoms with Crippen molar-refractivity contribution in [1.82, 2.24) is 33.6 Å². The van der Waals surface area contributed by atoms with Crippen LogP contribution in [-0.4, -0.2) is 33.6 Å². The lowest BCUT2D eigenvalue weighted by atomic mass is 10.1. The number of para-hydroxylation sites is 6. The summed E-state index contributed by atoms with van der Waals surface area (Å²) >= 11 is 9.84. The standard InChI is InChI=1S/C40H24N4S.C22H12ClN3S/c1-6-19-32-27(14-1)28-15-2-7-20-33(28)43(32)26-13-11-12-25(24-26)39-41-37-31-18-5-10-23-36(31)45-38(37)40(42-39)44-34-21-8-3-16-29(34)30-17-4-9-22-35(30)44;23-22-24-19-15-9-3-6-12-18(15)27-20(19)21(25-22)26-16-10-4-1-7-13(16)14-8-2-5-11-17(14)26/h1-24H;1-12H. The third-order valence-electron chi connectivity index (χ3n) is 13.9. The fourth-order valence-electron chi connectivity index (χ4n) is 10.8. The second-order valence-electron chi connectivity index (χ2n) is 17.9. The molecule has 10 heteroatoms. The molecular formula is C62H36ClN7S2. The monoisotopic (exact) mass is 977 g/mol. The van der Waals surface area contributed by atoms with Gasteiger partial charge in [-0.15, -0.1) is 22.7 Å². The average molecular weight is 979 g/mol. The van der Waals surface area contributed by atoms with Crippen molar-refractivity contribution in [2.75, 3.05) is 0 Å². The number of rotatable bonds is 4. The van der Waals surface area contributed by atoms with E-state index >= 15 is 0 Å². The predicted molar refractivity (Wildman–Crippen MR) is 303 cm³/mol. The van der Waals surface area contributed by atoms with Crippen LogP contribution < -0.4 is 0 Å². The van der Waals surface area contributed by atoms with Crippen LogP contribution in [0.1, 0.15) is 0 Å². The van der Waals surface area contributed by atoms with Crippen LogP contribution in [0, 0.1) is 0 Å². The predicted octanol–water partition coefficient (Wildman–Crippen LogP) is 17.3. The molecule has 0 bridgehead atoms. The number of halogens is 1. The second kappa shape index (κ2) is 16.2. The molecular weight excluding hydrogens is 942 g/mol. The van der Waals surface area contributed by atoms with E-state index in [4.69, 9.17) is 21.6 Å². The van der Waals surface area contributed by atoms with E-state index in [1.54, 1.807) is 22.7 Å². The van der Waals surface area contributed by atoms with E-state index in [0.29, 0.717) is 5.82 Å². The molecule has 0 aliphatic rings. The molecule has 7 nitrogen and oxygen atoms in total. The van der Waals surface area contributed by atoms with Gasteiger partial charge in [-0.3, -0.25) is 9.13 Å². The summed E-state index contributed by atoms with van der Waals surface area (Å²) in [5.41, 5.74) is 10.8. The van der Waals surface area contributed by atoms with E-state index in [0.717, 1.165) is 76.2 Å². The first kappa shape index (κ1) is 41.1. The zero-order valence-electron chi connectivity index (χ0n) is 38.1. The van der Waals surface area contributed by atoms with E-state index in [2.05, 4.69) is 230 Å². The molecule has 0 saturated carbocycles. The quantitative estimate of drug-likeness (QED) is 0.165. The normalized spacial score (nSPS) is 12.0. The summed E-state index contributed by atoms with van der Waals surface area (Å²) in [4.78, 5) is 19.9. The number of benzene rings is 9. The summed E-state index contributed by atoms with van der Waals surface area (Å²) in [5, 5.41) is 9.87. The van der Waals surface area contributed by atoms with E-state index in [1.165, 1.54) is 52.8 Å². The maximum atomic E-state index is 6.37. The van der Waals surface area contributed by atoms with Crippen molar-refractivity contribution in [3.63, 3.8) is 0 Å². The Labute approximate surface area is 423 Å². The molecule has 7 aromatic heterocycles. The van der Waals surface area contributed by atoms with E-state index in [1.807, 2.05) is 12.1 Å². The first-order valence-corrected chi connectivity index (χ1v) is 25.8. The van der Waals surface area contributed by atoms with Gasteiger partial charge < -0.3 is 4.57 Å². The molecule has 0 atom stereocenters. The Morgan fingerprint density at radius 3 is 1.12 bits per heavy atom. The van der Waals surface area contributed by atoms with Crippen LogP contribution in [0.25, 0.3) is 135 Å². The van der Waals surface area contributed by atoms with Crippen LogP contribution >= 0.6 is 34.3 Å². The minimum absolute atomic E-state index is 0.267. The Balaban J connectivity index is 0.000000146. The van der Waals surface area contributed by atoms with Gasteiger partial charge in [-0.25, -0.2) is 15.0 Å². The van der Waals surface area contributed by atoms with Crippen molar-refractivity contribution >= 4 is 140 Å². The van der Waals surface area contributed by atoms with Gasteiger partial charge in [0, 0.05) is 63.7 Å². The topological polar surface area (TPSA) is 66.3 Å². The van der Waals surface area contributed by atoms with Crippen molar-refractivity contribution in [2.24, 2.45) is 0 Å². The van der Waals surface area contributed by atoms with Gasteiger partial charge in [0.1, 0.15) is 0 Å². The van der Waals surface area contributed by atoms with Gasteiger partial charge in [0.25, 0.3) is 0 Å². The lowest BCUT2D eigenvalue weighted by Crippen LogP contribution is -2.02. The minimum Gasteiger partial charge on any atom is -0.309 e. The summed E-state index contributed by atoms with van der Waals surface area (Å²) in [7, 11) is 0. The van der Waals surface area contributed by atoms with Crippen molar-refractivity contribution in [2.45, 2.75) is 0 Å². The van der Waals surface area contributed by atoms with E-state index < -0.39 is 0 Å². The van der Waals surface area contributed by atoms with Crippen molar-refractivity contribution in [3.05, 3.63) is 224 Å². The van der Waals surface area contributed by atoms with Gasteiger partial charge in [0.15, 0.2) is 17.5 Å². The van der Waals surface area contributed by atoms with Gasteiger partial charge in [0.05, 0.1) is 53.5 Å².